The van der Waals surface area contributed by atoms with Gasteiger partial charge in [-0.2, -0.15) is 13.2 Å². The van der Waals surface area contributed by atoms with Gasteiger partial charge in [0, 0.05) is 56.2 Å². The summed E-state index contributed by atoms with van der Waals surface area (Å²) in [7, 11) is 0. The normalized spacial score (nSPS) is 14.7. The molecule has 4 rings (SSSR count). The van der Waals surface area contributed by atoms with E-state index in [4.69, 9.17) is 0 Å². The fourth-order valence-corrected chi connectivity index (χ4v) is 3.74. The highest BCUT2D eigenvalue weighted by Crippen LogP contribution is 2.22. The minimum atomic E-state index is -4.33. The monoisotopic (exact) mass is 431 g/mol. The van der Waals surface area contributed by atoms with Gasteiger partial charge in [-0.15, -0.1) is 0 Å². The zero-order valence-electron chi connectivity index (χ0n) is 17.0. The number of amides is 1. The summed E-state index contributed by atoms with van der Waals surface area (Å²) >= 11 is 0. The largest absolute Gasteiger partial charge is 0.406 e. The van der Waals surface area contributed by atoms with Gasteiger partial charge in [0.1, 0.15) is 12.2 Å². The van der Waals surface area contributed by atoms with E-state index in [1.54, 1.807) is 6.07 Å². The van der Waals surface area contributed by atoms with E-state index in [1.807, 2.05) is 0 Å². The number of hydrogen-bond donors (Lipinski definition) is 2. The number of anilines is 1. The van der Waals surface area contributed by atoms with Gasteiger partial charge < -0.3 is 20.1 Å². The number of carbonyl (C=O) groups excluding carboxylic acids is 1. The van der Waals surface area contributed by atoms with Gasteiger partial charge in [0.15, 0.2) is 0 Å². The number of hydrogen-bond acceptors (Lipinski definition) is 4. The minimum Gasteiger partial charge on any atom is -0.369 e. The topological polar surface area (TPSA) is 62.2 Å². The van der Waals surface area contributed by atoms with Crippen LogP contribution in [0.1, 0.15) is 15.9 Å². The average molecular weight is 431 g/mol. The zero-order valence-corrected chi connectivity index (χ0v) is 17.0. The summed E-state index contributed by atoms with van der Waals surface area (Å²) in [6.45, 7) is 3.31. The molecule has 3 heterocycles. The van der Waals surface area contributed by atoms with E-state index in [9.17, 15) is 18.0 Å². The highest BCUT2D eigenvalue weighted by atomic mass is 19.4. The molecule has 9 heteroatoms. The van der Waals surface area contributed by atoms with Crippen molar-refractivity contribution >= 4 is 22.6 Å². The maximum absolute atomic E-state index is 12.6. The highest BCUT2D eigenvalue weighted by Gasteiger charge is 2.28. The van der Waals surface area contributed by atoms with E-state index in [-0.39, 0.29) is 11.6 Å². The summed E-state index contributed by atoms with van der Waals surface area (Å²) in [5.41, 5.74) is 2.85. The standard InChI is InChI=1S/C22H24F3N5O/c23-22(24,25)15-30-10-6-17-13-18(14-28-20(17)30)21(31)27-7-5-16-1-3-19(4-2-16)29-11-8-26-9-12-29/h1-4,6,10,13-14,26H,5,7-9,11-12,15H2,(H,27,31). The van der Waals surface area contributed by atoms with E-state index in [1.165, 1.54) is 24.1 Å². The second kappa shape index (κ2) is 8.97. The summed E-state index contributed by atoms with van der Waals surface area (Å²) in [5, 5.41) is 6.69. The van der Waals surface area contributed by atoms with Gasteiger partial charge in [0.2, 0.25) is 0 Å². The van der Waals surface area contributed by atoms with Crippen molar-refractivity contribution in [2.24, 2.45) is 0 Å². The Morgan fingerprint density at radius 3 is 2.58 bits per heavy atom. The van der Waals surface area contributed by atoms with Gasteiger partial charge in [-0.1, -0.05) is 12.1 Å². The lowest BCUT2D eigenvalue weighted by atomic mass is 10.1. The number of halogens is 3. The third-order valence-electron chi connectivity index (χ3n) is 5.33. The third-order valence-corrected chi connectivity index (χ3v) is 5.33. The minimum absolute atomic E-state index is 0.207. The molecule has 1 fully saturated rings. The number of nitrogens with one attached hydrogen (secondary N) is 2. The number of nitrogens with zero attached hydrogens (tertiary/aromatic N) is 3. The number of benzene rings is 1. The van der Waals surface area contributed by atoms with Crippen LogP contribution >= 0.6 is 0 Å². The molecule has 0 saturated carbocycles. The predicted octanol–water partition coefficient (Wildman–Crippen LogP) is 2.98. The number of rotatable bonds is 6. The van der Waals surface area contributed by atoms with Crippen molar-refractivity contribution in [3.8, 4) is 0 Å². The van der Waals surface area contributed by atoms with Crippen LogP contribution in [0.25, 0.3) is 11.0 Å². The van der Waals surface area contributed by atoms with Gasteiger partial charge in [0.25, 0.3) is 5.91 Å². The van der Waals surface area contributed by atoms with Crippen LogP contribution in [0.4, 0.5) is 18.9 Å². The second-order valence-electron chi connectivity index (χ2n) is 7.61. The van der Waals surface area contributed by atoms with Crippen LogP contribution < -0.4 is 15.5 Å². The van der Waals surface area contributed by atoms with Crippen molar-refractivity contribution in [2.75, 3.05) is 37.6 Å². The fraction of sp³-hybridized carbons (Fsp3) is 0.364. The smallest absolute Gasteiger partial charge is 0.369 e. The molecule has 6 nitrogen and oxygen atoms in total. The van der Waals surface area contributed by atoms with Crippen LogP contribution in [0.5, 0.6) is 0 Å². The molecule has 0 atom stereocenters. The predicted molar refractivity (Wildman–Crippen MR) is 113 cm³/mol. The van der Waals surface area contributed by atoms with E-state index < -0.39 is 12.7 Å². The lowest BCUT2D eigenvalue weighted by molar-refractivity contribution is -0.139. The fourth-order valence-electron chi connectivity index (χ4n) is 3.74. The number of fused-ring (bicyclic) bond motifs is 1. The molecule has 0 spiro atoms. The number of piperazine rings is 1. The summed E-state index contributed by atoms with van der Waals surface area (Å²) in [6.07, 6.45) is -0.998. The number of carbonyl (C=O) groups is 1. The molecule has 0 bridgehead atoms. The molecule has 164 valence electrons. The summed E-state index contributed by atoms with van der Waals surface area (Å²) in [6, 6.07) is 11.4. The second-order valence-corrected chi connectivity index (χ2v) is 7.61. The van der Waals surface area contributed by atoms with Crippen LogP contribution in [-0.2, 0) is 13.0 Å². The molecular formula is C22H24F3N5O. The molecule has 0 aliphatic carbocycles. The number of alkyl halides is 3. The summed E-state index contributed by atoms with van der Waals surface area (Å²) in [5.74, 6) is -0.296. The number of aromatic nitrogens is 2. The highest BCUT2D eigenvalue weighted by molar-refractivity contribution is 5.96. The van der Waals surface area contributed by atoms with Crippen molar-refractivity contribution in [1.82, 2.24) is 20.2 Å². The molecular weight excluding hydrogens is 407 g/mol. The maximum Gasteiger partial charge on any atom is 0.406 e. The molecule has 1 aromatic carbocycles. The van der Waals surface area contributed by atoms with Crippen molar-refractivity contribution in [2.45, 2.75) is 19.1 Å². The van der Waals surface area contributed by atoms with E-state index in [2.05, 4.69) is 44.8 Å². The molecule has 0 unspecified atom stereocenters. The molecule has 1 saturated heterocycles. The molecule has 1 amide bonds. The first kappa shape index (κ1) is 21.2. The summed E-state index contributed by atoms with van der Waals surface area (Å²) in [4.78, 5) is 18.8. The molecule has 2 N–H and O–H groups in total. The van der Waals surface area contributed by atoms with Crippen LogP contribution in [-0.4, -0.2) is 54.4 Å². The first-order valence-corrected chi connectivity index (χ1v) is 10.2. The lowest BCUT2D eigenvalue weighted by Crippen LogP contribution is -2.43. The first-order valence-electron chi connectivity index (χ1n) is 10.2. The van der Waals surface area contributed by atoms with Crippen molar-refractivity contribution < 1.29 is 18.0 Å². The molecule has 2 aromatic heterocycles. The Morgan fingerprint density at radius 2 is 1.87 bits per heavy atom. The van der Waals surface area contributed by atoms with E-state index >= 15 is 0 Å². The quantitative estimate of drug-likeness (QED) is 0.630. The third kappa shape index (κ3) is 5.35. The molecule has 0 radical (unpaired) electrons. The maximum atomic E-state index is 12.6. The molecule has 31 heavy (non-hydrogen) atoms. The van der Waals surface area contributed by atoms with Crippen molar-refractivity contribution in [1.29, 1.82) is 0 Å². The Balaban J connectivity index is 1.32. The Bertz CT molecular complexity index is 1040. The number of pyridine rings is 1. The van der Waals surface area contributed by atoms with Gasteiger partial charge >= 0.3 is 6.18 Å². The SMILES string of the molecule is O=C(NCCc1ccc(N2CCNCC2)cc1)c1cnc2c(ccn2CC(F)(F)F)c1. The van der Waals surface area contributed by atoms with Gasteiger partial charge in [-0.25, -0.2) is 4.98 Å². The summed E-state index contributed by atoms with van der Waals surface area (Å²) < 4.78 is 38.9. The molecule has 1 aliphatic heterocycles. The van der Waals surface area contributed by atoms with Crippen LogP contribution in [0.3, 0.4) is 0 Å². The van der Waals surface area contributed by atoms with Crippen molar-refractivity contribution in [3.63, 3.8) is 0 Å². The van der Waals surface area contributed by atoms with E-state index in [0.29, 0.717) is 23.9 Å². The Hall–Kier alpha value is -3.07. The Kier molecular flexibility index (Phi) is 6.13. The lowest BCUT2D eigenvalue weighted by Gasteiger charge is -2.29. The zero-order chi connectivity index (χ0) is 21.8. The van der Waals surface area contributed by atoms with Gasteiger partial charge in [-0.05, 0) is 36.2 Å². The molecule has 3 aromatic rings. The first-order chi connectivity index (χ1) is 14.9. The van der Waals surface area contributed by atoms with Crippen LogP contribution in [0, 0.1) is 0 Å². The van der Waals surface area contributed by atoms with Crippen LogP contribution in [0.15, 0.2) is 48.8 Å². The Morgan fingerprint density at radius 1 is 1.13 bits per heavy atom. The van der Waals surface area contributed by atoms with E-state index in [0.717, 1.165) is 36.3 Å². The average Bonchev–Trinajstić information content (AvgIpc) is 3.15. The van der Waals surface area contributed by atoms with Crippen molar-refractivity contribution in [3.05, 3.63) is 59.9 Å². The Labute approximate surface area is 178 Å². The van der Waals surface area contributed by atoms with Crippen LogP contribution in [0.2, 0.25) is 0 Å². The van der Waals surface area contributed by atoms with Gasteiger partial charge in [0.05, 0.1) is 5.56 Å². The van der Waals surface area contributed by atoms with Gasteiger partial charge in [-0.3, -0.25) is 4.79 Å². The molecule has 1 aliphatic rings.